The van der Waals surface area contributed by atoms with Crippen LogP contribution in [0.1, 0.15) is 33.3 Å². The summed E-state index contributed by atoms with van der Waals surface area (Å²) in [7, 11) is 1.77. The van der Waals surface area contributed by atoms with Crippen molar-refractivity contribution in [2.75, 3.05) is 31.7 Å². The van der Waals surface area contributed by atoms with Gasteiger partial charge in [-0.1, -0.05) is 0 Å². The molecule has 0 radical (unpaired) electrons. The smallest absolute Gasteiger partial charge is 0.130 e. The standard InChI is InChI=1S/C21H24N6O.C4H8O/c1-14(4-7-22-3)17-12-19(27-10-11-28-13-15(27)2)25-20-16(17)5-8-23-21(20)18-6-9-24-26-18;1-4(2)3-5/h4-9,12,15H,10-11,13H2,1-3H3,(H,24,26);3,5H,1-2H3/b14-4+,22-7?;. The summed E-state index contributed by atoms with van der Waals surface area (Å²) in [6, 6.07) is 6.36. The molecule has 1 atom stereocenters. The molecule has 3 aromatic rings. The second-order valence-electron chi connectivity index (χ2n) is 8.13. The van der Waals surface area contributed by atoms with Gasteiger partial charge in [0, 0.05) is 37.6 Å². The Morgan fingerprint density at radius 1 is 1.27 bits per heavy atom. The topological polar surface area (TPSA) is 99.5 Å². The number of nitrogens with zero attached hydrogens (tertiary/aromatic N) is 5. The molecular weight excluding hydrogens is 416 g/mol. The zero-order valence-electron chi connectivity index (χ0n) is 19.9. The number of hydrogen-bond acceptors (Lipinski definition) is 7. The molecule has 0 amide bonds. The quantitative estimate of drug-likeness (QED) is 0.439. The van der Waals surface area contributed by atoms with E-state index in [1.807, 2.05) is 44.5 Å². The van der Waals surface area contributed by atoms with Crippen molar-refractivity contribution in [1.29, 1.82) is 0 Å². The number of fused-ring (bicyclic) bond motifs is 1. The minimum Gasteiger partial charge on any atom is -0.516 e. The highest BCUT2D eigenvalue weighted by Crippen LogP contribution is 2.33. The number of aliphatic imine (C=N–C) groups is 1. The van der Waals surface area contributed by atoms with Crippen molar-refractivity contribution in [1.82, 2.24) is 20.2 Å². The minimum absolute atomic E-state index is 0.264. The fourth-order valence-corrected chi connectivity index (χ4v) is 3.54. The van der Waals surface area contributed by atoms with Crippen molar-refractivity contribution in [3.63, 3.8) is 0 Å². The van der Waals surface area contributed by atoms with Crippen molar-refractivity contribution in [2.24, 2.45) is 4.99 Å². The number of nitrogens with one attached hydrogen (secondary N) is 1. The van der Waals surface area contributed by atoms with Gasteiger partial charge in [-0.25, -0.2) is 4.98 Å². The van der Waals surface area contributed by atoms with E-state index in [-0.39, 0.29) is 6.04 Å². The van der Waals surface area contributed by atoms with Crippen LogP contribution in [0.15, 0.2) is 53.5 Å². The molecule has 1 unspecified atom stereocenters. The summed E-state index contributed by atoms with van der Waals surface area (Å²) in [5.41, 5.74) is 5.71. The van der Waals surface area contributed by atoms with Crippen molar-refractivity contribution in [3.05, 3.63) is 54.1 Å². The fourth-order valence-electron chi connectivity index (χ4n) is 3.54. The molecule has 2 N–H and O–H groups in total. The van der Waals surface area contributed by atoms with Gasteiger partial charge in [-0.15, -0.1) is 0 Å². The monoisotopic (exact) mass is 448 g/mol. The molecule has 8 nitrogen and oxygen atoms in total. The lowest BCUT2D eigenvalue weighted by atomic mass is 10.0. The van der Waals surface area contributed by atoms with E-state index in [2.05, 4.69) is 45.0 Å². The number of H-pyrrole nitrogens is 1. The largest absolute Gasteiger partial charge is 0.516 e. The van der Waals surface area contributed by atoms with Crippen molar-refractivity contribution in [2.45, 2.75) is 33.7 Å². The van der Waals surface area contributed by atoms with Gasteiger partial charge >= 0.3 is 0 Å². The summed E-state index contributed by atoms with van der Waals surface area (Å²) in [4.78, 5) is 16.0. The normalized spacial score (nSPS) is 16.6. The third-order valence-electron chi connectivity index (χ3n) is 5.29. The van der Waals surface area contributed by atoms with Crippen LogP contribution in [0.25, 0.3) is 27.9 Å². The molecular formula is C25H32N6O2. The zero-order chi connectivity index (χ0) is 23.8. The molecule has 4 heterocycles. The molecule has 0 aromatic carbocycles. The Bertz CT molecular complexity index is 1150. The number of rotatable bonds is 4. The third-order valence-corrected chi connectivity index (χ3v) is 5.29. The van der Waals surface area contributed by atoms with E-state index in [0.717, 1.165) is 57.6 Å². The zero-order valence-corrected chi connectivity index (χ0v) is 19.9. The number of ether oxygens (including phenoxy) is 1. The Morgan fingerprint density at radius 3 is 2.70 bits per heavy atom. The summed E-state index contributed by atoms with van der Waals surface area (Å²) in [6.07, 6.45) is 8.47. The number of aromatic amines is 1. The maximum absolute atomic E-state index is 7.98. The van der Waals surface area contributed by atoms with Gasteiger partial charge in [0.05, 0.1) is 31.2 Å². The lowest BCUT2D eigenvalue weighted by Crippen LogP contribution is -2.44. The molecule has 1 aliphatic heterocycles. The minimum atomic E-state index is 0.264. The van der Waals surface area contributed by atoms with E-state index in [4.69, 9.17) is 14.8 Å². The Labute approximate surface area is 194 Å². The maximum Gasteiger partial charge on any atom is 0.130 e. The summed E-state index contributed by atoms with van der Waals surface area (Å²) in [5.74, 6) is 0.938. The molecule has 174 valence electrons. The molecule has 33 heavy (non-hydrogen) atoms. The summed E-state index contributed by atoms with van der Waals surface area (Å²) in [5, 5.41) is 16.1. The van der Waals surface area contributed by atoms with E-state index in [1.165, 1.54) is 0 Å². The average molecular weight is 449 g/mol. The first-order valence-corrected chi connectivity index (χ1v) is 11.0. The van der Waals surface area contributed by atoms with Crippen LogP contribution in [0.2, 0.25) is 0 Å². The van der Waals surface area contributed by atoms with E-state index < -0.39 is 0 Å². The molecule has 1 aliphatic rings. The summed E-state index contributed by atoms with van der Waals surface area (Å²) < 4.78 is 5.61. The van der Waals surface area contributed by atoms with Gasteiger partial charge in [-0.05, 0) is 68.7 Å². The molecule has 0 bridgehead atoms. The number of aliphatic hydroxyl groups excluding tert-OH is 1. The Morgan fingerprint density at radius 2 is 2.06 bits per heavy atom. The predicted octanol–water partition coefficient (Wildman–Crippen LogP) is 4.82. The van der Waals surface area contributed by atoms with Gasteiger partial charge in [0.2, 0.25) is 0 Å². The first-order chi connectivity index (χ1) is 16.0. The number of anilines is 1. The maximum atomic E-state index is 7.98. The molecule has 0 saturated carbocycles. The molecule has 3 aromatic heterocycles. The van der Waals surface area contributed by atoms with E-state index >= 15 is 0 Å². The highest BCUT2D eigenvalue weighted by atomic mass is 16.5. The van der Waals surface area contributed by atoms with Crippen molar-refractivity contribution in [3.8, 4) is 11.4 Å². The molecule has 8 heteroatoms. The fraction of sp³-hybridized carbons (Fsp3) is 0.360. The molecule has 0 aliphatic carbocycles. The van der Waals surface area contributed by atoms with Crippen LogP contribution in [0.3, 0.4) is 0 Å². The number of allylic oxidation sites excluding steroid dienone is 3. The summed E-state index contributed by atoms with van der Waals surface area (Å²) in [6.45, 7) is 10.2. The first-order valence-electron chi connectivity index (χ1n) is 11.0. The van der Waals surface area contributed by atoms with Crippen LogP contribution in [0.5, 0.6) is 0 Å². The third kappa shape index (κ3) is 5.84. The average Bonchev–Trinajstić information content (AvgIpc) is 3.37. The number of hydrogen-bond donors (Lipinski definition) is 2. The highest BCUT2D eigenvalue weighted by Gasteiger charge is 2.23. The van der Waals surface area contributed by atoms with Crippen LogP contribution in [0, 0.1) is 0 Å². The molecule has 0 spiro atoms. The Hall–Kier alpha value is -3.52. The second kappa shape index (κ2) is 11.4. The number of aromatic nitrogens is 4. The van der Waals surface area contributed by atoms with Crippen LogP contribution in [-0.2, 0) is 4.74 Å². The molecule has 4 rings (SSSR count). The van der Waals surface area contributed by atoms with Crippen LogP contribution < -0.4 is 4.90 Å². The van der Waals surface area contributed by atoms with E-state index in [9.17, 15) is 0 Å². The predicted molar refractivity (Wildman–Crippen MR) is 135 cm³/mol. The number of pyridine rings is 2. The van der Waals surface area contributed by atoms with Crippen LogP contribution in [0.4, 0.5) is 5.82 Å². The number of morpholine rings is 1. The SMILES string of the molecule is CC(C)=CO.CN=C/C=C(\C)c1cc(N2CCOCC2C)nc2c(-c3ccn[nH]3)nccc12. The molecule has 1 fully saturated rings. The Kier molecular flexibility index (Phi) is 8.32. The Balaban J connectivity index is 0.000000555. The lowest BCUT2D eigenvalue weighted by molar-refractivity contribution is 0.0986. The lowest BCUT2D eigenvalue weighted by Gasteiger charge is -2.34. The second-order valence-corrected chi connectivity index (χ2v) is 8.13. The highest BCUT2D eigenvalue weighted by molar-refractivity contribution is 6.00. The van der Waals surface area contributed by atoms with Crippen molar-refractivity contribution < 1.29 is 9.84 Å². The van der Waals surface area contributed by atoms with Crippen molar-refractivity contribution >= 4 is 28.5 Å². The van der Waals surface area contributed by atoms with E-state index in [0.29, 0.717) is 13.2 Å². The van der Waals surface area contributed by atoms with E-state index in [1.54, 1.807) is 13.2 Å². The van der Waals surface area contributed by atoms with Gasteiger partial charge in [0.15, 0.2) is 0 Å². The van der Waals surface area contributed by atoms with Gasteiger partial charge in [0.25, 0.3) is 0 Å². The van der Waals surface area contributed by atoms with Gasteiger partial charge in [0.1, 0.15) is 17.0 Å². The summed E-state index contributed by atoms with van der Waals surface area (Å²) >= 11 is 0. The number of aliphatic hydroxyl groups is 1. The van der Waals surface area contributed by atoms with Gasteiger partial charge in [-0.3, -0.25) is 15.1 Å². The van der Waals surface area contributed by atoms with Gasteiger partial charge < -0.3 is 14.7 Å². The van der Waals surface area contributed by atoms with Gasteiger partial charge in [-0.2, -0.15) is 5.10 Å². The molecule has 1 saturated heterocycles. The van der Waals surface area contributed by atoms with Crippen LogP contribution >= 0.6 is 0 Å². The first kappa shape index (κ1) is 24.1. The van der Waals surface area contributed by atoms with Crippen LogP contribution in [-0.4, -0.2) is 64.3 Å².